The average molecular weight is 598 g/mol. The molecular weight excluding hydrogens is 542 g/mol. The van der Waals surface area contributed by atoms with E-state index in [0.717, 1.165) is 44.9 Å². The van der Waals surface area contributed by atoms with Crippen molar-refractivity contribution >= 4 is 23.6 Å². The van der Waals surface area contributed by atoms with Crippen molar-refractivity contribution < 1.29 is 29.0 Å². The summed E-state index contributed by atoms with van der Waals surface area (Å²) in [5.74, 6) is -1.17. The van der Waals surface area contributed by atoms with E-state index in [-0.39, 0.29) is 62.6 Å². The van der Waals surface area contributed by atoms with Crippen LogP contribution in [-0.2, 0) is 23.9 Å². The summed E-state index contributed by atoms with van der Waals surface area (Å²) >= 11 is 0. The minimum absolute atomic E-state index is 0.0289. The molecule has 5 aliphatic carbocycles. The number of carboxylic acids is 1. The fourth-order valence-electron chi connectivity index (χ4n) is 11.3. The van der Waals surface area contributed by atoms with Gasteiger partial charge in [-0.3, -0.25) is 19.2 Å². The second kappa shape index (κ2) is 9.66. The fraction of sp³-hybridized carbons (Fsp3) is 0.833. The summed E-state index contributed by atoms with van der Waals surface area (Å²) in [7, 11) is 1.31. The first-order valence-electron chi connectivity index (χ1n) is 16.5. The number of ketones is 1. The highest BCUT2D eigenvalue weighted by atomic mass is 16.5. The number of methoxy groups -OCH3 is 1. The summed E-state index contributed by atoms with van der Waals surface area (Å²) in [5.41, 5.74) is -1.69. The molecule has 0 saturated heterocycles. The van der Waals surface area contributed by atoms with Gasteiger partial charge in [-0.05, 0) is 124 Å². The number of esters is 1. The van der Waals surface area contributed by atoms with Crippen molar-refractivity contribution in [2.45, 2.75) is 126 Å². The average Bonchev–Trinajstić information content (AvgIpc) is 2.91. The highest BCUT2D eigenvalue weighted by molar-refractivity contribution is 6.02. The maximum Gasteiger partial charge on any atom is 0.320 e. The van der Waals surface area contributed by atoms with E-state index in [1.807, 2.05) is 13.0 Å². The number of amides is 1. The number of hydrogen-bond acceptors (Lipinski definition) is 5. The summed E-state index contributed by atoms with van der Waals surface area (Å²) < 4.78 is 4.90. The van der Waals surface area contributed by atoms with Crippen LogP contribution in [0.5, 0.6) is 0 Å². The molecule has 0 aromatic carbocycles. The lowest BCUT2D eigenvalue weighted by atomic mass is 9.33. The molecule has 5 rings (SSSR count). The standard InChI is InChI=1S/C36H55NO6/c1-30(2)24-11-14-36(9)26(34(24,7)13-12-25(30)37-27(39)31(3,4)29(42)43-10)23(38)19-21-22-20-33(6,28(40)41)16-15-32(22,5)17-18-35(21,36)8/h19,22,24-26H,11-18,20H2,1-10H3,(H,37,39)(H,40,41)/t22-,24?,25-,26+,32+,33-,34-,35+,36+/m0/s1. The summed E-state index contributed by atoms with van der Waals surface area (Å²) in [6, 6.07) is -0.113. The van der Waals surface area contributed by atoms with Gasteiger partial charge in [0.15, 0.2) is 5.78 Å². The van der Waals surface area contributed by atoms with Crippen molar-refractivity contribution in [3.8, 4) is 0 Å². The maximum absolute atomic E-state index is 14.6. The Morgan fingerprint density at radius 2 is 1.56 bits per heavy atom. The van der Waals surface area contributed by atoms with Crippen LogP contribution in [0.25, 0.3) is 0 Å². The molecule has 0 aromatic rings. The zero-order valence-corrected chi connectivity index (χ0v) is 28.2. The van der Waals surface area contributed by atoms with Crippen LogP contribution < -0.4 is 5.32 Å². The van der Waals surface area contributed by atoms with Crippen LogP contribution in [0.1, 0.15) is 120 Å². The Labute approximate surface area is 258 Å². The highest BCUT2D eigenvalue weighted by Gasteiger charge is 2.70. The molecule has 43 heavy (non-hydrogen) atoms. The van der Waals surface area contributed by atoms with Gasteiger partial charge in [0.25, 0.3) is 0 Å². The van der Waals surface area contributed by atoms with E-state index in [0.29, 0.717) is 12.8 Å². The molecule has 2 N–H and O–H groups in total. The summed E-state index contributed by atoms with van der Waals surface area (Å²) in [6.07, 6.45) is 9.73. The van der Waals surface area contributed by atoms with E-state index < -0.39 is 22.8 Å². The SMILES string of the molecule is COC(=O)C(C)(C)C(=O)N[C@H]1CC[C@@]2(C)C(CC[C@]3(C)[C@@H]2C(=O)C=C2[C@@H]4C[C@@](C)(C(=O)O)CC[C@]4(C)CC[C@]23C)C1(C)C. The predicted molar refractivity (Wildman–Crippen MR) is 165 cm³/mol. The Kier molecular flexibility index (Phi) is 7.24. The first-order valence-corrected chi connectivity index (χ1v) is 16.5. The monoisotopic (exact) mass is 597 g/mol. The van der Waals surface area contributed by atoms with Crippen LogP contribution in [0.4, 0.5) is 0 Å². The Morgan fingerprint density at radius 1 is 0.930 bits per heavy atom. The van der Waals surface area contributed by atoms with E-state index in [9.17, 15) is 24.3 Å². The molecule has 4 saturated carbocycles. The molecule has 1 unspecified atom stereocenters. The quantitative estimate of drug-likeness (QED) is 0.275. The molecule has 0 heterocycles. The van der Waals surface area contributed by atoms with E-state index in [2.05, 4.69) is 46.9 Å². The van der Waals surface area contributed by atoms with Crippen LogP contribution in [0.2, 0.25) is 0 Å². The van der Waals surface area contributed by atoms with Gasteiger partial charge in [0, 0.05) is 12.0 Å². The van der Waals surface area contributed by atoms with Gasteiger partial charge >= 0.3 is 11.9 Å². The predicted octanol–water partition coefficient (Wildman–Crippen LogP) is 6.74. The van der Waals surface area contributed by atoms with Crippen LogP contribution in [-0.4, -0.2) is 41.9 Å². The third kappa shape index (κ3) is 4.25. The van der Waals surface area contributed by atoms with E-state index in [4.69, 9.17) is 4.74 Å². The van der Waals surface area contributed by atoms with E-state index >= 15 is 0 Å². The largest absolute Gasteiger partial charge is 0.481 e. The fourth-order valence-corrected chi connectivity index (χ4v) is 11.3. The molecule has 0 aliphatic heterocycles. The Hall–Kier alpha value is -2.18. The number of carbonyl (C=O) groups is 4. The molecule has 7 nitrogen and oxygen atoms in total. The number of carbonyl (C=O) groups excluding carboxylic acids is 3. The number of nitrogens with one attached hydrogen (secondary N) is 1. The maximum atomic E-state index is 14.6. The lowest BCUT2D eigenvalue weighted by Gasteiger charge is -2.70. The number of hydrogen-bond donors (Lipinski definition) is 2. The minimum Gasteiger partial charge on any atom is -0.481 e. The summed E-state index contributed by atoms with van der Waals surface area (Å²) in [5, 5.41) is 13.4. The van der Waals surface area contributed by atoms with E-state index in [1.165, 1.54) is 12.7 Å². The molecule has 9 atom stereocenters. The van der Waals surface area contributed by atoms with Crippen LogP contribution in [0.15, 0.2) is 11.6 Å². The minimum atomic E-state index is -1.28. The van der Waals surface area contributed by atoms with Crippen molar-refractivity contribution in [3.05, 3.63) is 11.6 Å². The summed E-state index contributed by atoms with van der Waals surface area (Å²) in [6.45, 7) is 19.0. The molecule has 0 aromatic heterocycles. The topological polar surface area (TPSA) is 110 Å². The van der Waals surface area contributed by atoms with Crippen molar-refractivity contribution in [3.63, 3.8) is 0 Å². The number of allylic oxidation sites excluding steroid dienone is 2. The van der Waals surface area contributed by atoms with Crippen LogP contribution in [0, 0.1) is 55.7 Å². The van der Waals surface area contributed by atoms with Crippen molar-refractivity contribution in [1.82, 2.24) is 5.32 Å². The second-order valence-corrected chi connectivity index (χ2v) is 17.6. The van der Waals surface area contributed by atoms with E-state index in [1.54, 1.807) is 13.8 Å². The first kappa shape index (κ1) is 32.2. The molecule has 4 fully saturated rings. The molecule has 0 spiro atoms. The van der Waals surface area contributed by atoms with Crippen molar-refractivity contribution in [1.29, 1.82) is 0 Å². The number of rotatable bonds is 4. The molecule has 7 heteroatoms. The number of ether oxygens (including phenoxy) is 1. The molecule has 1 amide bonds. The van der Waals surface area contributed by atoms with Gasteiger partial charge < -0.3 is 15.2 Å². The van der Waals surface area contributed by atoms with Gasteiger partial charge in [0.2, 0.25) is 5.91 Å². The number of aliphatic carboxylic acids is 1. The normalized spacial score (nSPS) is 45.3. The van der Waals surface area contributed by atoms with Gasteiger partial charge in [-0.1, -0.05) is 47.1 Å². The molecule has 0 radical (unpaired) electrons. The zero-order chi connectivity index (χ0) is 32.2. The lowest BCUT2D eigenvalue weighted by Crippen LogP contribution is -2.68. The molecule has 240 valence electrons. The Balaban J connectivity index is 1.50. The third-order valence-electron chi connectivity index (χ3n) is 14.7. The molecular formula is C36H55NO6. The Morgan fingerprint density at radius 3 is 2.16 bits per heavy atom. The van der Waals surface area contributed by atoms with Gasteiger partial charge in [-0.15, -0.1) is 0 Å². The van der Waals surface area contributed by atoms with Crippen molar-refractivity contribution in [2.24, 2.45) is 55.7 Å². The Bertz CT molecular complexity index is 1280. The lowest BCUT2D eigenvalue weighted by molar-refractivity contribution is -0.190. The van der Waals surface area contributed by atoms with Gasteiger partial charge in [0.05, 0.1) is 12.5 Å². The van der Waals surface area contributed by atoms with Gasteiger partial charge in [-0.2, -0.15) is 0 Å². The van der Waals surface area contributed by atoms with Crippen LogP contribution in [0.3, 0.4) is 0 Å². The second-order valence-electron chi connectivity index (χ2n) is 17.6. The van der Waals surface area contributed by atoms with Gasteiger partial charge in [0.1, 0.15) is 5.41 Å². The summed E-state index contributed by atoms with van der Waals surface area (Å²) in [4.78, 5) is 52.6. The highest BCUT2D eigenvalue weighted by Crippen LogP contribution is 2.75. The van der Waals surface area contributed by atoms with Crippen molar-refractivity contribution in [2.75, 3.05) is 7.11 Å². The smallest absolute Gasteiger partial charge is 0.320 e. The first-order chi connectivity index (χ1) is 19.6. The number of fused-ring (bicyclic) bond motifs is 7. The van der Waals surface area contributed by atoms with Crippen LogP contribution >= 0.6 is 0 Å². The third-order valence-corrected chi connectivity index (χ3v) is 14.7. The number of carboxylic acid groups (broad SMARTS) is 1. The van der Waals surface area contributed by atoms with Gasteiger partial charge in [-0.25, -0.2) is 0 Å². The molecule has 5 aliphatic rings. The molecule has 0 bridgehead atoms. The zero-order valence-electron chi connectivity index (χ0n) is 28.2.